The fourth-order valence-corrected chi connectivity index (χ4v) is 3.18. The first-order valence-electron chi connectivity index (χ1n) is 9.12. The molecule has 2 aliphatic heterocycles. The third-order valence-corrected chi connectivity index (χ3v) is 4.46. The summed E-state index contributed by atoms with van der Waals surface area (Å²) in [7, 11) is 0. The molecule has 0 aromatic carbocycles. The van der Waals surface area contributed by atoms with E-state index < -0.39 is 0 Å². The van der Waals surface area contributed by atoms with E-state index in [-0.39, 0.29) is 0 Å². The van der Waals surface area contributed by atoms with Gasteiger partial charge >= 0.3 is 0 Å². The zero-order valence-electron chi connectivity index (χ0n) is 15.0. The number of ether oxygens (including phenoxy) is 2. The van der Waals surface area contributed by atoms with E-state index in [0.29, 0.717) is 17.9 Å². The minimum Gasteiger partial charge on any atom is -0.381 e. The zero-order chi connectivity index (χ0) is 16.5. The molecule has 0 radical (unpaired) electrons. The molecule has 2 rings (SSSR count). The van der Waals surface area contributed by atoms with Gasteiger partial charge in [0.25, 0.3) is 0 Å². The fraction of sp³-hybridized carbons (Fsp3) is 0.941. The van der Waals surface area contributed by atoms with Gasteiger partial charge in [0.15, 0.2) is 5.96 Å². The van der Waals surface area contributed by atoms with Crippen molar-refractivity contribution in [3.05, 3.63) is 0 Å². The van der Waals surface area contributed by atoms with Crippen molar-refractivity contribution in [3.63, 3.8) is 0 Å². The Hall–Kier alpha value is -0.850. The predicted octanol–water partition coefficient (Wildman–Crippen LogP) is 0.935. The maximum Gasteiger partial charge on any atom is 0.191 e. The van der Waals surface area contributed by atoms with E-state index in [1.165, 1.54) is 0 Å². The summed E-state index contributed by atoms with van der Waals surface area (Å²) in [6.07, 6.45) is 1.16. The normalized spacial score (nSPS) is 24.9. The highest BCUT2D eigenvalue weighted by atomic mass is 16.5. The highest BCUT2D eigenvalue weighted by molar-refractivity contribution is 5.79. The van der Waals surface area contributed by atoms with Crippen molar-refractivity contribution < 1.29 is 9.47 Å². The molecule has 0 amide bonds. The summed E-state index contributed by atoms with van der Waals surface area (Å²) in [5.41, 5.74) is 0. The van der Waals surface area contributed by atoms with Crippen molar-refractivity contribution in [2.75, 3.05) is 59.2 Å². The van der Waals surface area contributed by atoms with Crippen LogP contribution in [0.25, 0.3) is 0 Å². The molecule has 2 atom stereocenters. The monoisotopic (exact) mass is 326 g/mol. The van der Waals surface area contributed by atoms with E-state index in [2.05, 4.69) is 41.3 Å². The quantitative estimate of drug-likeness (QED) is 0.538. The van der Waals surface area contributed by atoms with E-state index in [9.17, 15) is 0 Å². The molecule has 0 aliphatic carbocycles. The Labute approximate surface area is 141 Å². The van der Waals surface area contributed by atoms with E-state index >= 15 is 0 Å². The molecule has 0 aromatic heterocycles. The van der Waals surface area contributed by atoms with Gasteiger partial charge in [-0.3, -0.25) is 9.89 Å². The number of rotatable bonds is 7. The Morgan fingerprint density at radius 1 is 1.17 bits per heavy atom. The van der Waals surface area contributed by atoms with Crippen LogP contribution in [0.1, 0.15) is 27.2 Å². The van der Waals surface area contributed by atoms with Gasteiger partial charge in [-0.2, -0.15) is 0 Å². The molecule has 2 aliphatic rings. The molecule has 0 aromatic rings. The first-order chi connectivity index (χ1) is 11.2. The summed E-state index contributed by atoms with van der Waals surface area (Å²) in [6.45, 7) is 14.6. The molecule has 23 heavy (non-hydrogen) atoms. The van der Waals surface area contributed by atoms with Crippen LogP contribution in [0.2, 0.25) is 0 Å². The molecule has 6 nitrogen and oxygen atoms in total. The molecule has 2 fully saturated rings. The Morgan fingerprint density at radius 2 is 1.96 bits per heavy atom. The van der Waals surface area contributed by atoms with Crippen molar-refractivity contribution in [1.29, 1.82) is 0 Å². The van der Waals surface area contributed by atoms with Crippen molar-refractivity contribution in [2.45, 2.75) is 33.2 Å². The van der Waals surface area contributed by atoms with Gasteiger partial charge in [-0.25, -0.2) is 0 Å². The number of guanidine groups is 1. The second kappa shape index (κ2) is 10.1. The van der Waals surface area contributed by atoms with E-state index in [1.807, 2.05) is 0 Å². The first-order valence-corrected chi connectivity index (χ1v) is 9.12. The minimum absolute atomic E-state index is 0.490. The molecule has 2 N–H and O–H groups in total. The van der Waals surface area contributed by atoms with Crippen molar-refractivity contribution in [3.8, 4) is 0 Å². The second-order valence-electron chi connectivity index (χ2n) is 6.83. The molecule has 2 unspecified atom stereocenters. The van der Waals surface area contributed by atoms with Crippen molar-refractivity contribution in [2.24, 2.45) is 16.8 Å². The molecule has 0 spiro atoms. The lowest BCUT2D eigenvalue weighted by atomic mass is 9.97. The summed E-state index contributed by atoms with van der Waals surface area (Å²) < 4.78 is 11.1. The molecule has 2 saturated heterocycles. The minimum atomic E-state index is 0.490. The Kier molecular flexibility index (Phi) is 8.12. The first kappa shape index (κ1) is 18.5. The second-order valence-corrected chi connectivity index (χ2v) is 6.83. The third-order valence-electron chi connectivity index (χ3n) is 4.46. The van der Waals surface area contributed by atoms with Crippen LogP contribution in [0, 0.1) is 11.8 Å². The van der Waals surface area contributed by atoms with Crippen LogP contribution in [0.3, 0.4) is 0 Å². The summed E-state index contributed by atoms with van der Waals surface area (Å²) in [6, 6.07) is 0.490. The van der Waals surface area contributed by atoms with Crippen LogP contribution in [0.5, 0.6) is 0 Å². The van der Waals surface area contributed by atoms with Gasteiger partial charge < -0.3 is 20.1 Å². The zero-order valence-corrected chi connectivity index (χ0v) is 15.0. The largest absolute Gasteiger partial charge is 0.381 e. The molecule has 134 valence electrons. The van der Waals surface area contributed by atoms with E-state index in [4.69, 9.17) is 9.47 Å². The molecular formula is C17H34N4O2. The van der Waals surface area contributed by atoms with Gasteiger partial charge in [0.05, 0.1) is 19.8 Å². The molecule has 0 bridgehead atoms. The van der Waals surface area contributed by atoms with Gasteiger partial charge in [0.2, 0.25) is 0 Å². The van der Waals surface area contributed by atoms with Crippen LogP contribution in [0.15, 0.2) is 4.99 Å². The van der Waals surface area contributed by atoms with Crippen molar-refractivity contribution >= 4 is 5.96 Å². The molecule has 0 saturated carbocycles. The number of aliphatic imine (C=N–C) groups is 1. The fourth-order valence-electron chi connectivity index (χ4n) is 3.18. The van der Waals surface area contributed by atoms with E-state index in [1.54, 1.807) is 0 Å². The Balaban J connectivity index is 1.93. The van der Waals surface area contributed by atoms with E-state index in [0.717, 1.165) is 71.5 Å². The number of nitrogens with zero attached hydrogens (tertiary/aromatic N) is 2. The number of nitrogens with one attached hydrogen (secondary N) is 2. The lowest BCUT2D eigenvalue weighted by molar-refractivity contribution is 0.00246. The lowest BCUT2D eigenvalue weighted by Gasteiger charge is -2.37. The Morgan fingerprint density at radius 3 is 2.57 bits per heavy atom. The maximum atomic E-state index is 5.63. The topological polar surface area (TPSA) is 58.1 Å². The van der Waals surface area contributed by atoms with Gasteiger partial charge in [-0.05, 0) is 19.3 Å². The van der Waals surface area contributed by atoms with Crippen LogP contribution in [-0.2, 0) is 9.47 Å². The number of morpholine rings is 1. The highest BCUT2D eigenvalue weighted by Gasteiger charge is 2.31. The van der Waals surface area contributed by atoms with Crippen LogP contribution in [0.4, 0.5) is 0 Å². The maximum absolute atomic E-state index is 5.63. The average molecular weight is 326 g/mol. The van der Waals surface area contributed by atoms with Crippen LogP contribution >= 0.6 is 0 Å². The average Bonchev–Trinajstić information content (AvgIpc) is 3.08. The van der Waals surface area contributed by atoms with Crippen LogP contribution < -0.4 is 10.6 Å². The van der Waals surface area contributed by atoms with Gasteiger partial charge in [0.1, 0.15) is 0 Å². The Bertz CT molecular complexity index is 351. The van der Waals surface area contributed by atoms with Gasteiger partial charge in [-0.15, -0.1) is 0 Å². The number of hydrogen-bond acceptors (Lipinski definition) is 4. The van der Waals surface area contributed by atoms with Gasteiger partial charge in [0, 0.05) is 51.3 Å². The predicted molar refractivity (Wildman–Crippen MR) is 93.9 cm³/mol. The van der Waals surface area contributed by atoms with Gasteiger partial charge in [-0.1, -0.05) is 13.8 Å². The summed E-state index contributed by atoms with van der Waals surface area (Å²) in [5, 5.41) is 6.90. The summed E-state index contributed by atoms with van der Waals surface area (Å²) in [4.78, 5) is 7.23. The molecular weight excluding hydrogens is 292 g/mol. The molecule has 6 heteroatoms. The van der Waals surface area contributed by atoms with Crippen LogP contribution in [-0.4, -0.2) is 76.1 Å². The van der Waals surface area contributed by atoms with Crippen molar-refractivity contribution in [1.82, 2.24) is 15.5 Å². The lowest BCUT2D eigenvalue weighted by Crippen LogP contribution is -2.53. The standard InChI is InChI=1S/C17H34N4O2/c1-4-18-17(19-11-14(2)3)20-12-16(15-5-8-23-13-15)21-6-9-22-10-7-21/h14-16H,4-13H2,1-3H3,(H2,18,19,20). The third kappa shape index (κ3) is 6.28. The summed E-state index contributed by atoms with van der Waals surface area (Å²) in [5.74, 6) is 2.11. The SMILES string of the molecule is CCNC(=NCC(C)C)NCC(C1CCOC1)N1CCOCC1. The molecule has 2 heterocycles. The number of hydrogen-bond donors (Lipinski definition) is 2. The summed E-state index contributed by atoms with van der Waals surface area (Å²) >= 11 is 0. The highest BCUT2D eigenvalue weighted by Crippen LogP contribution is 2.21. The smallest absolute Gasteiger partial charge is 0.191 e.